The quantitative estimate of drug-likeness (QED) is 0.792. The molecule has 0 aliphatic carbocycles. The minimum absolute atomic E-state index is 0.0937. The minimum atomic E-state index is 0.0937. The van der Waals surface area contributed by atoms with Crippen molar-refractivity contribution in [3.05, 3.63) is 0 Å². The second-order valence-corrected chi connectivity index (χ2v) is 6.70. The van der Waals surface area contributed by atoms with Crippen LogP contribution in [0.1, 0.15) is 41.5 Å². The number of hydrogen-bond acceptors (Lipinski definition) is 5. The summed E-state index contributed by atoms with van der Waals surface area (Å²) >= 11 is 0. The fourth-order valence-corrected chi connectivity index (χ4v) is 3.89. The van der Waals surface area contributed by atoms with E-state index in [1.54, 1.807) is 0 Å². The van der Waals surface area contributed by atoms with Gasteiger partial charge in [0.15, 0.2) is 0 Å². The maximum atomic E-state index is 6.35. The maximum absolute atomic E-state index is 6.35. The highest BCUT2D eigenvalue weighted by atomic mass is 16.5. The smallest absolute Gasteiger partial charge is 0.110 e. The molecular formula is C16H32N2O3. The standard InChI is InChI=1S/C16H32N2O3/c1-11-7-19-8-12(2)17(11)15(5)21-16(6)18-13(3)9-20-10-14(18)4/h11-16H,7-10H2,1-6H3. The lowest BCUT2D eigenvalue weighted by molar-refractivity contribution is -0.207. The van der Waals surface area contributed by atoms with E-state index in [4.69, 9.17) is 14.2 Å². The summed E-state index contributed by atoms with van der Waals surface area (Å²) in [6, 6.07) is 1.59. The molecule has 0 radical (unpaired) electrons. The zero-order valence-electron chi connectivity index (χ0n) is 14.4. The van der Waals surface area contributed by atoms with Crippen molar-refractivity contribution in [2.45, 2.75) is 78.2 Å². The molecule has 2 aliphatic heterocycles. The Kier molecular flexibility index (Phi) is 6.03. The van der Waals surface area contributed by atoms with Crippen molar-refractivity contribution in [1.29, 1.82) is 0 Å². The lowest BCUT2D eigenvalue weighted by Crippen LogP contribution is -2.58. The van der Waals surface area contributed by atoms with Crippen LogP contribution in [0.3, 0.4) is 0 Å². The first kappa shape index (κ1) is 17.2. The van der Waals surface area contributed by atoms with Crippen LogP contribution >= 0.6 is 0 Å². The number of nitrogens with zero attached hydrogens (tertiary/aromatic N) is 2. The highest BCUT2D eigenvalue weighted by Gasteiger charge is 2.34. The Bertz CT molecular complexity index is 279. The van der Waals surface area contributed by atoms with E-state index in [1.807, 2.05) is 0 Å². The zero-order valence-corrected chi connectivity index (χ0v) is 14.4. The molecule has 124 valence electrons. The van der Waals surface area contributed by atoms with E-state index in [9.17, 15) is 0 Å². The van der Waals surface area contributed by atoms with Crippen LogP contribution in [-0.2, 0) is 14.2 Å². The van der Waals surface area contributed by atoms with Gasteiger partial charge >= 0.3 is 0 Å². The van der Waals surface area contributed by atoms with Crippen molar-refractivity contribution in [2.75, 3.05) is 26.4 Å². The summed E-state index contributed by atoms with van der Waals surface area (Å²) in [5.41, 5.74) is 0. The van der Waals surface area contributed by atoms with Crippen LogP contribution in [0.2, 0.25) is 0 Å². The molecule has 0 saturated carbocycles. The first-order valence-corrected chi connectivity index (χ1v) is 8.27. The van der Waals surface area contributed by atoms with E-state index >= 15 is 0 Å². The Labute approximate surface area is 129 Å². The van der Waals surface area contributed by atoms with Crippen molar-refractivity contribution in [1.82, 2.24) is 9.80 Å². The van der Waals surface area contributed by atoms with E-state index in [2.05, 4.69) is 51.3 Å². The SMILES string of the molecule is CC1COCC(C)N1C(C)OC(C)N1C(C)COCC1C. The van der Waals surface area contributed by atoms with Gasteiger partial charge in [-0.2, -0.15) is 0 Å². The summed E-state index contributed by atoms with van der Waals surface area (Å²) in [5, 5.41) is 0. The molecule has 0 amide bonds. The fourth-order valence-electron chi connectivity index (χ4n) is 3.89. The van der Waals surface area contributed by atoms with E-state index in [1.165, 1.54) is 0 Å². The van der Waals surface area contributed by atoms with Crippen LogP contribution in [-0.4, -0.2) is 72.9 Å². The van der Waals surface area contributed by atoms with Gasteiger partial charge in [0.05, 0.1) is 26.4 Å². The van der Waals surface area contributed by atoms with Gasteiger partial charge < -0.3 is 14.2 Å². The molecule has 6 atom stereocenters. The molecule has 0 aromatic rings. The normalized spacial score (nSPS) is 39.1. The van der Waals surface area contributed by atoms with Gasteiger partial charge in [-0.25, -0.2) is 0 Å². The van der Waals surface area contributed by atoms with Gasteiger partial charge in [-0.3, -0.25) is 9.80 Å². The van der Waals surface area contributed by atoms with Crippen molar-refractivity contribution in [3.63, 3.8) is 0 Å². The number of rotatable bonds is 4. The molecule has 2 fully saturated rings. The largest absolute Gasteiger partial charge is 0.378 e. The van der Waals surface area contributed by atoms with Crippen LogP contribution in [0.25, 0.3) is 0 Å². The second-order valence-electron chi connectivity index (χ2n) is 6.70. The average molecular weight is 300 g/mol. The minimum Gasteiger partial charge on any atom is -0.378 e. The van der Waals surface area contributed by atoms with Crippen LogP contribution in [0.15, 0.2) is 0 Å². The maximum Gasteiger partial charge on any atom is 0.110 e. The summed E-state index contributed by atoms with van der Waals surface area (Å²) in [5.74, 6) is 0. The molecule has 21 heavy (non-hydrogen) atoms. The third kappa shape index (κ3) is 3.96. The molecular weight excluding hydrogens is 268 g/mol. The molecule has 2 rings (SSSR count). The molecule has 0 spiro atoms. The monoisotopic (exact) mass is 300 g/mol. The molecule has 2 saturated heterocycles. The topological polar surface area (TPSA) is 34.2 Å². The van der Waals surface area contributed by atoms with Crippen molar-refractivity contribution < 1.29 is 14.2 Å². The molecule has 0 aromatic heterocycles. The third-order valence-corrected chi connectivity index (χ3v) is 4.71. The van der Waals surface area contributed by atoms with Gasteiger partial charge in [-0.1, -0.05) is 0 Å². The first-order chi connectivity index (χ1) is 9.91. The number of hydrogen-bond donors (Lipinski definition) is 0. The molecule has 0 bridgehead atoms. The lowest BCUT2D eigenvalue weighted by atomic mass is 10.1. The zero-order chi connectivity index (χ0) is 15.6. The van der Waals surface area contributed by atoms with Gasteiger partial charge in [-0.15, -0.1) is 0 Å². The van der Waals surface area contributed by atoms with E-state index in [-0.39, 0.29) is 12.5 Å². The molecule has 0 aromatic carbocycles. The summed E-state index contributed by atoms with van der Waals surface area (Å²) < 4.78 is 17.6. The molecule has 6 unspecified atom stereocenters. The predicted octanol–water partition coefficient (Wildman–Crippen LogP) is 1.91. The summed E-state index contributed by atoms with van der Waals surface area (Å²) in [6.45, 7) is 16.3. The van der Waals surface area contributed by atoms with E-state index < -0.39 is 0 Å². The average Bonchev–Trinajstić information content (AvgIpc) is 2.38. The molecule has 2 heterocycles. The van der Waals surface area contributed by atoms with E-state index in [0.717, 1.165) is 26.4 Å². The van der Waals surface area contributed by atoms with Gasteiger partial charge in [0.1, 0.15) is 12.5 Å². The van der Waals surface area contributed by atoms with Gasteiger partial charge in [-0.05, 0) is 41.5 Å². The third-order valence-electron chi connectivity index (χ3n) is 4.71. The van der Waals surface area contributed by atoms with Crippen LogP contribution in [0.4, 0.5) is 0 Å². The fraction of sp³-hybridized carbons (Fsp3) is 1.00. The van der Waals surface area contributed by atoms with Crippen molar-refractivity contribution in [3.8, 4) is 0 Å². The molecule has 2 aliphatic rings. The number of morpholine rings is 2. The van der Waals surface area contributed by atoms with Crippen molar-refractivity contribution >= 4 is 0 Å². The van der Waals surface area contributed by atoms with Crippen molar-refractivity contribution in [2.24, 2.45) is 0 Å². The Morgan fingerprint density at radius 2 is 1.00 bits per heavy atom. The molecule has 5 nitrogen and oxygen atoms in total. The summed E-state index contributed by atoms with van der Waals surface area (Å²) in [7, 11) is 0. The van der Waals surface area contributed by atoms with Gasteiger partial charge in [0, 0.05) is 24.2 Å². The van der Waals surface area contributed by atoms with Crippen LogP contribution < -0.4 is 0 Å². The van der Waals surface area contributed by atoms with Crippen LogP contribution in [0, 0.1) is 0 Å². The second kappa shape index (κ2) is 7.38. The predicted molar refractivity (Wildman–Crippen MR) is 83.2 cm³/mol. The Morgan fingerprint density at radius 1 is 0.714 bits per heavy atom. The summed E-state index contributed by atoms with van der Waals surface area (Å²) in [6.07, 6.45) is 0.187. The van der Waals surface area contributed by atoms with Crippen LogP contribution in [0.5, 0.6) is 0 Å². The Hall–Kier alpha value is -0.200. The highest BCUT2D eigenvalue weighted by molar-refractivity contribution is 4.82. The first-order valence-electron chi connectivity index (χ1n) is 8.27. The Morgan fingerprint density at radius 3 is 1.29 bits per heavy atom. The van der Waals surface area contributed by atoms with Gasteiger partial charge in [0.2, 0.25) is 0 Å². The molecule has 0 N–H and O–H groups in total. The molecule has 5 heteroatoms. The number of ether oxygens (including phenoxy) is 3. The highest BCUT2D eigenvalue weighted by Crippen LogP contribution is 2.22. The van der Waals surface area contributed by atoms with Gasteiger partial charge in [0.25, 0.3) is 0 Å². The van der Waals surface area contributed by atoms with E-state index in [0.29, 0.717) is 24.2 Å². The lowest BCUT2D eigenvalue weighted by Gasteiger charge is -2.46. The Balaban J connectivity index is 1.95. The summed E-state index contributed by atoms with van der Waals surface area (Å²) in [4.78, 5) is 4.85.